The van der Waals surface area contributed by atoms with Gasteiger partial charge in [-0.3, -0.25) is 11.3 Å². The lowest BCUT2D eigenvalue weighted by Gasteiger charge is -2.01. The Labute approximate surface area is 74.5 Å². The molecule has 3 nitrogen and oxygen atoms in total. The lowest BCUT2D eigenvalue weighted by molar-refractivity contribution is 0.739. The number of hydrogen-bond acceptors (Lipinski definition) is 3. The molecule has 0 aromatic carbocycles. The number of nitrogens with zero attached hydrogens (tertiary/aromatic N) is 1. The van der Waals surface area contributed by atoms with E-state index in [-0.39, 0.29) is 0 Å². The van der Waals surface area contributed by atoms with E-state index in [1.807, 2.05) is 0 Å². The summed E-state index contributed by atoms with van der Waals surface area (Å²) >= 11 is 11.4. The molecule has 0 aliphatic heterocycles. The van der Waals surface area contributed by atoms with E-state index >= 15 is 0 Å². The first-order valence-corrected chi connectivity index (χ1v) is 3.73. The SMILES string of the molecule is NNCc1cnc(Cl)cc1Cl. The van der Waals surface area contributed by atoms with Gasteiger partial charge in [0.25, 0.3) is 0 Å². The number of rotatable bonds is 2. The van der Waals surface area contributed by atoms with Gasteiger partial charge in [-0.15, -0.1) is 0 Å². The quantitative estimate of drug-likeness (QED) is 0.422. The second-order valence-corrected chi connectivity index (χ2v) is 2.77. The van der Waals surface area contributed by atoms with Crippen molar-refractivity contribution in [1.82, 2.24) is 10.4 Å². The van der Waals surface area contributed by atoms with E-state index in [1.54, 1.807) is 12.3 Å². The molecular formula is C6H7Cl2N3. The Balaban J connectivity index is 2.90. The van der Waals surface area contributed by atoms with Crippen LogP contribution in [0, 0.1) is 0 Å². The maximum Gasteiger partial charge on any atom is 0.130 e. The van der Waals surface area contributed by atoms with E-state index in [2.05, 4.69) is 10.4 Å². The minimum atomic E-state index is 0.385. The fourth-order valence-electron chi connectivity index (χ4n) is 0.676. The smallest absolute Gasteiger partial charge is 0.130 e. The minimum Gasteiger partial charge on any atom is -0.271 e. The van der Waals surface area contributed by atoms with Crippen molar-refractivity contribution < 1.29 is 0 Å². The number of halogens is 2. The molecule has 1 heterocycles. The molecule has 0 fully saturated rings. The van der Waals surface area contributed by atoms with Crippen molar-refractivity contribution in [2.24, 2.45) is 5.84 Å². The van der Waals surface area contributed by atoms with Gasteiger partial charge in [0.05, 0.1) is 0 Å². The Morgan fingerprint density at radius 1 is 1.55 bits per heavy atom. The molecule has 11 heavy (non-hydrogen) atoms. The van der Waals surface area contributed by atoms with Gasteiger partial charge in [0.15, 0.2) is 0 Å². The summed E-state index contributed by atoms with van der Waals surface area (Å²) < 4.78 is 0. The second-order valence-electron chi connectivity index (χ2n) is 1.98. The van der Waals surface area contributed by atoms with Crippen LogP contribution in [0.25, 0.3) is 0 Å². The van der Waals surface area contributed by atoms with Crippen LogP contribution in [-0.4, -0.2) is 4.98 Å². The number of hydrogen-bond donors (Lipinski definition) is 2. The standard InChI is InChI=1S/C6H7Cl2N3/c7-5-1-6(8)10-2-4(5)3-11-9/h1-2,11H,3,9H2. The van der Waals surface area contributed by atoms with Crippen LogP contribution in [0.5, 0.6) is 0 Å². The van der Waals surface area contributed by atoms with Crippen LogP contribution in [0.15, 0.2) is 12.3 Å². The summed E-state index contributed by atoms with van der Waals surface area (Å²) in [4.78, 5) is 3.84. The highest BCUT2D eigenvalue weighted by Gasteiger charge is 1.99. The average molecular weight is 192 g/mol. The van der Waals surface area contributed by atoms with Crippen molar-refractivity contribution in [3.8, 4) is 0 Å². The first-order valence-electron chi connectivity index (χ1n) is 2.97. The normalized spacial score (nSPS) is 10.1. The van der Waals surface area contributed by atoms with Gasteiger partial charge in [0.2, 0.25) is 0 Å². The molecule has 1 aromatic heterocycles. The van der Waals surface area contributed by atoms with Crippen molar-refractivity contribution in [1.29, 1.82) is 0 Å². The van der Waals surface area contributed by atoms with Gasteiger partial charge in [-0.1, -0.05) is 23.2 Å². The minimum absolute atomic E-state index is 0.385. The summed E-state index contributed by atoms with van der Waals surface area (Å²) in [7, 11) is 0. The van der Waals surface area contributed by atoms with Crippen LogP contribution >= 0.6 is 23.2 Å². The predicted octanol–water partition coefficient (Wildman–Crippen LogP) is 1.35. The zero-order chi connectivity index (χ0) is 8.27. The molecule has 0 spiro atoms. The Morgan fingerprint density at radius 2 is 2.27 bits per heavy atom. The third-order valence-electron chi connectivity index (χ3n) is 1.19. The van der Waals surface area contributed by atoms with Crippen molar-refractivity contribution in [2.45, 2.75) is 6.54 Å². The molecule has 0 saturated carbocycles. The second kappa shape index (κ2) is 3.88. The monoisotopic (exact) mass is 191 g/mol. The van der Waals surface area contributed by atoms with Crippen LogP contribution in [0.4, 0.5) is 0 Å². The topological polar surface area (TPSA) is 50.9 Å². The highest BCUT2D eigenvalue weighted by Crippen LogP contribution is 2.17. The van der Waals surface area contributed by atoms with Gasteiger partial charge in [0.1, 0.15) is 5.15 Å². The molecule has 0 radical (unpaired) electrons. The zero-order valence-corrected chi connectivity index (χ0v) is 7.15. The third kappa shape index (κ3) is 2.31. The summed E-state index contributed by atoms with van der Waals surface area (Å²) in [5, 5.41) is 0.957. The molecule has 0 bridgehead atoms. The van der Waals surface area contributed by atoms with Crippen molar-refractivity contribution >= 4 is 23.2 Å². The highest BCUT2D eigenvalue weighted by molar-refractivity contribution is 6.34. The number of hydrazine groups is 1. The molecule has 0 aliphatic carbocycles. The average Bonchev–Trinajstić information content (AvgIpc) is 1.95. The van der Waals surface area contributed by atoms with E-state index in [9.17, 15) is 0 Å². The number of nitrogens with two attached hydrogens (primary N) is 1. The highest BCUT2D eigenvalue weighted by atomic mass is 35.5. The fourth-order valence-corrected chi connectivity index (χ4v) is 1.11. The van der Waals surface area contributed by atoms with Gasteiger partial charge < -0.3 is 0 Å². The summed E-state index contributed by atoms with van der Waals surface area (Å²) in [6, 6.07) is 1.58. The van der Waals surface area contributed by atoms with Gasteiger partial charge in [0, 0.05) is 23.3 Å². The first-order chi connectivity index (χ1) is 5.24. The summed E-state index contributed by atoms with van der Waals surface area (Å²) in [6.07, 6.45) is 1.59. The van der Waals surface area contributed by atoms with Crippen LogP contribution in [0.1, 0.15) is 5.56 Å². The van der Waals surface area contributed by atoms with Gasteiger partial charge in [-0.25, -0.2) is 4.98 Å². The Morgan fingerprint density at radius 3 is 2.82 bits per heavy atom. The zero-order valence-electron chi connectivity index (χ0n) is 5.64. The fraction of sp³-hybridized carbons (Fsp3) is 0.167. The summed E-state index contributed by atoms with van der Waals surface area (Å²) in [5.41, 5.74) is 3.31. The molecule has 0 amide bonds. The van der Waals surface area contributed by atoms with E-state index < -0.39 is 0 Å². The van der Waals surface area contributed by atoms with Gasteiger partial charge >= 0.3 is 0 Å². The number of pyridine rings is 1. The molecule has 1 aromatic rings. The Bertz CT molecular complexity index is 252. The van der Waals surface area contributed by atoms with Crippen LogP contribution in [0.2, 0.25) is 10.2 Å². The first kappa shape index (κ1) is 8.74. The van der Waals surface area contributed by atoms with E-state index in [1.165, 1.54) is 0 Å². The molecule has 0 unspecified atom stereocenters. The molecular weight excluding hydrogens is 185 g/mol. The van der Waals surface area contributed by atoms with E-state index in [0.717, 1.165) is 5.56 Å². The Hall–Kier alpha value is -0.350. The van der Waals surface area contributed by atoms with Crippen molar-refractivity contribution in [3.05, 3.63) is 28.0 Å². The van der Waals surface area contributed by atoms with Crippen molar-refractivity contribution in [3.63, 3.8) is 0 Å². The number of aromatic nitrogens is 1. The van der Waals surface area contributed by atoms with Crippen molar-refractivity contribution in [2.75, 3.05) is 0 Å². The van der Waals surface area contributed by atoms with Gasteiger partial charge in [-0.2, -0.15) is 0 Å². The van der Waals surface area contributed by atoms with E-state index in [0.29, 0.717) is 16.7 Å². The van der Waals surface area contributed by atoms with Gasteiger partial charge in [-0.05, 0) is 6.07 Å². The van der Waals surface area contributed by atoms with Crippen LogP contribution in [0.3, 0.4) is 0 Å². The maximum absolute atomic E-state index is 5.79. The lowest BCUT2D eigenvalue weighted by atomic mass is 10.3. The van der Waals surface area contributed by atoms with Crippen LogP contribution in [-0.2, 0) is 6.54 Å². The molecule has 1 rings (SSSR count). The lowest BCUT2D eigenvalue weighted by Crippen LogP contribution is -2.21. The predicted molar refractivity (Wildman–Crippen MR) is 45.3 cm³/mol. The molecule has 0 saturated heterocycles. The molecule has 0 atom stereocenters. The largest absolute Gasteiger partial charge is 0.271 e. The van der Waals surface area contributed by atoms with Crippen LogP contribution < -0.4 is 11.3 Å². The summed E-state index contributed by atoms with van der Waals surface area (Å²) in [5.74, 6) is 5.10. The molecule has 60 valence electrons. The van der Waals surface area contributed by atoms with E-state index in [4.69, 9.17) is 29.0 Å². The maximum atomic E-state index is 5.79. The number of nitrogens with one attached hydrogen (secondary N) is 1. The summed E-state index contributed by atoms with van der Waals surface area (Å²) in [6.45, 7) is 0.489. The Kier molecular flexibility index (Phi) is 3.08. The molecule has 0 aliphatic rings. The molecule has 3 N–H and O–H groups in total. The molecule has 5 heteroatoms. The third-order valence-corrected chi connectivity index (χ3v) is 1.75.